The lowest BCUT2D eigenvalue weighted by Gasteiger charge is -2.26. The van der Waals surface area contributed by atoms with Gasteiger partial charge in [0.1, 0.15) is 11.8 Å². The van der Waals surface area contributed by atoms with Crippen molar-refractivity contribution in [1.82, 2.24) is 10.1 Å². The zero-order chi connectivity index (χ0) is 23.1. The number of esters is 1. The highest BCUT2D eigenvalue weighted by atomic mass is 16.5. The summed E-state index contributed by atoms with van der Waals surface area (Å²) in [5.74, 6) is -1.43. The Hall–Kier alpha value is -3.49. The molecule has 3 aliphatic rings. The van der Waals surface area contributed by atoms with Gasteiger partial charge in [-0.2, -0.15) is 0 Å². The fourth-order valence-corrected chi connectivity index (χ4v) is 5.69. The maximum atomic E-state index is 13.3. The Kier molecular flexibility index (Phi) is 5.47. The van der Waals surface area contributed by atoms with Crippen molar-refractivity contribution >= 4 is 29.5 Å². The number of likely N-dealkylation sites (tertiary alicyclic amines) is 1. The van der Waals surface area contributed by atoms with Crippen molar-refractivity contribution in [3.63, 3.8) is 0 Å². The first kappa shape index (κ1) is 21.4. The molecule has 33 heavy (non-hydrogen) atoms. The molecule has 1 aliphatic heterocycles. The maximum Gasteiger partial charge on any atom is 0.330 e. The van der Waals surface area contributed by atoms with E-state index in [-0.39, 0.29) is 47.7 Å². The Bertz CT molecular complexity index is 1070. The normalized spacial score (nSPS) is 26.4. The third-order valence-corrected chi connectivity index (χ3v) is 7.06. The van der Waals surface area contributed by atoms with Gasteiger partial charge in [-0.05, 0) is 43.6 Å². The van der Waals surface area contributed by atoms with E-state index in [2.05, 4.69) is 10.5 Å². The largest absolute Gasteiger partial charge is 0.454 e. The number of carbonyl (C=O) groups is 4. The van der Waals surface area contributed by atoms with Gasteiger partial charge in [0.2, 0.25) is 11.8 Å². The van der Waals surface area contributed by atoms with Crippen LogP contribution in [0.2, 0.25) is 0 Å². The number of fused-ring (bicyclic) bond motifs is 5. The molecule has 5 rings (SSSR count). The van der Waals surface area contributed by atoms with Gasteiger partial charge in [0.05, 0.1) is 11.8 Å². The summed E-state index contributed by atoms with van der Waals surface area (Å²) in [4.78, 5) is 53.0. The molecule has 1 N–H and O–H groups in total. The fraction of sp³-hybridized carbons (Fsp3) is 0.458. The van der Waals surface area contributed by atoms with E-state index in [1.54, 1.807) is 6.92 Å². The van der Waals surface area contributed by atoms with Gasteiger partial charge in [0.15, 0.2) is 12.4 Å². The van der Waals surface area contributed by atoms with Crippen LogP contribution in [0, 0.1) is 30.6 Å². The van der Waals surface area contributed by atoms with Gasteiger partial charge in [0.25, 0.3) is 5.91 Å². The number of hydrogen-bond acceptors (Lipinski definition) is 7. The minimum absolute atomic E-state index is 0.135. The van der Waals surface area contributed by atoms with Crippen molar-refractivity contribution in [3.05, 3.63) is 47.7 Å². The van der Waals surface area contributed by atoms with E-state index in [4.69, 9.17) is 9.26 Å². The molecule has 1 aromatic heterocycles. The summed E-state index contributed by atoms with van der Waals surface area (Å²) in [6.45, 7) is 1.12. The molecule has 2 aliphatic carbocycles. The van der Waals surface area contributed by atoms with E-state index >= 15 is 0 Å². The number of amides is 3. The highest BCUT2D eigenvalue weighted by molar-refractivity contribution is 6.08. The predicted molar refractivity (Wildman–Crippen MR) is 114 cm³/mol. The first-order valence-corrected chi connectivity index (χ1v) is 11.2. The number of nitrogens with zero attached hydrogens (tertiary/aromatic N) is 2. The summed E-state index contributed by atoms with van der Waals surface area (Å²) in [7, 11) is 0. The van der Waals surface area contributed by atoms with Crippen LogP contribution in [-0.2, 0) is 30.3 Å². The van der Waals surface area contributed by atoms with E-state index in [1.807, 2.05) is 30.3 Å². The van der Waals surface area contributed by atoms with Gasteiger partial charge in [-0.1, -0.05) is 35.5 Å². The lowest BCUT2D eigenvalue weighted by molar-refractivity contribution is -0.160. The van der Waals surface area contributed by atoms with Gasteiger partial charge in [-0.25, -0.2) is 4.79 Å². The second-order valence-corrected chi connectivity index (χ2v) is 9.12. The lowest BCUT2D eigenvalue weighted by atomic mass is 9.81. The molecule has 3 fully saturated rings. The highest BCUT2D eigenvalue weighted by Gasteiger charge is 2.62. The third-order valence-electron chi connectivity index (χ3n) is 7.06. The van der Waals surface area contributed by atoms with Crippen molar-refractivity contribution in [3.8, 4) is 0 Å². The minimum Gasteiger partial charge on any atom is -0.454 e. The van der Waals surface area contributed by atoms with E-state index in [0.717, 1.165) is 29.7 Å². The van der Waals surface area contributed by atoms with Crippen molar-refractivity contribution < 1.29 is 28.4 Å². The van der Waals surface area contributed by atoms with Crippen molar-refractivity contribution in [1.29, 1.82) is 0 Å². The van der Waals surface area contributed by atoms with Crippen LogP contribution < -0.4 is 5.32 Å². The van der Waals surface area contributed by atoms with Gasteiger partial charge in [-0.3, -0.25) is 19.3 Å². The molecule has 2 bridgehead atoms. The number of benzene rings is 1. The number of imide groups is 1. The minimum atomic E-state index is -1.11. The maximum absolute atomic E-state index is 13.3. The van der Waals surface area contributed by atoms with Crippen LogP contribution in [0.25, 0.3) is 0 Å². The quantitative estimate of drug-likeness (QED) is 0.506. The summed E-state index contributed by atoms with van der Waals surface area (Å²) < 4.78 is 10.2. The van der Waals surface area contributed by atoms with E-state index in [1.165, 1.54) is 6.07 Å². The first-order valence-electron chi connectivity index (χ1n) is 11.2. The monoisotopic (exact) mass is 451 g/mol. The van der Waals surface area contributed by atoms with Crippen LogP contribution in [0.1, 0.15) is 30.6 Å². The first-order chi connectivity index (χ1) is 15.9. The van der Waals surface area contributed by atoms with Crippen molar-refractivity contribution in [2.24, 2.45) is 23.7 Å². The van der Waals surface area contributed by atoms with Crippen LogP contribution in [-0.4, -0.2) is 46.4 Å². The molecule has 2 heterocycles. The van der Waals surface area contributed by atoms with Gasteiger partial charge in [-0.15, -0.1) is 0 Å². The van der Waals surface area contributed by atoms with Crippen LogP contribution >= 0.6 is 0 Å². The number of aryl methyl sites for hydroxylation is 1. The SMILES string of the molecule is Cc1cc(NC(=O)COC(=O)[C@H](Cc2ccccc2)N2C(=O)[C@H]3[C@H]4CC[C@@H](C4)[C@@H]3C2=O)no1. The molecule has 2 saturated carbocycles. The second kappa shape index (κ2) is 8.46. The number of ether oxygens (including phenoxy) is 1. The zero-order valence-electron chi connectivity index (χ0n) is 18.2. The standard InChI is InChI=1S/C24H25N3O6/c1-13-9-18(26-33-13)25-19(28)12-32-24(31)17(10-14-5-3-2-4-6-14)27-22(29)20-15-7-8-16(11-15)21(20)23(27)30/h2-6,9,15-17,20-21H,7-8,10-12H2,1H3,(H,25,26,28)/t15-,16-,17-,20-,21-/m0/s1. The molecule has 1 saturated heterocycles. The fourth-order valence-electron chi connectivity index (χ4n) is 5.69. The topological polar surface area (TPSA) is 119 Å². The Labute approximate surface area is 190 Å². The third kappa shape index (κ3) is 3.92. The molecule has 9 nitrogen and oxygen atoms in total. The molecule has 172 valence electrons. The Morgan fingerprint density at radius 2 is 1.82 bits per heavy atom. The molecular weight excluding hydrogens is 426 g/mol. The number of aromatic nitrogens is 1. The smallest absolute Gasteiger partial charge is 0.330 e. The average Bonchev–Trinajstić information content (AvgIpc) is 3.57. The molecular formula is C24H25N3O6. The number of anilines is 1. The summed E-state index contributed by atoms with van der Waals surface area (Å²) in [6, 6.07) is 9.58. The summed E-state index contributed by atoms with van der Waals surface area (Å²) in [6.07, 6.45) is 2.95. The Morgan fingerprint density at radius 1 is 1.15 bits per heavy atom. The average molecular weight is 451 g/mol. The number of rotatable bonds is 7. The second-order valence-electron chi connectivity index (χ2n) is 9.12. The van der Waals surface area contributed by atoms with Crippen LogP contribution in [0.5, 0.6) is 0 Å². The van der Waals surface area contributed by atoms with Crippen LogP contribution in [0.4, 0.5) is 5.82 Å². The molecule has 2 aromatic rings. The van der Waals surface area contributed by atoms with Crippen molar-refractivity contribution in [2.75, 3.05) is 11.9 Å². The van der Waals surface area contributed by atoms with Crippen LogP contribution in [0.3, 0.4) is 0 Å². The Morgan fingerprint density at radius 3 is 2.42 bits per heavy atom. The van der Waals surface area contributed by atoms with E-state index in [0.29, 0.717) is 5.76 Å². The van der Waals surface area contributed by atoms with Crippen molar-refractivity contribution in [2.45, 2.75) is 38.6 Å². The number of nitrogens with one attached hydrogen (secondary N) is 1. The molecule has 0 radical (unpaired) electrons. The molecule has 1 aromatic carbocycles. The Balaban J connectivity index is 1.32. The summed E-state index contributed by atoms with van der Waals surface area (Å²) in [5, 5.41) is 6.14. The van der Waals surface area contributed by atoms with E-state index < -0.39 is 24.5 Å². The number of hydrogen-bond donors (Lipinski definition) is 1. The van der Waals surface area contributed by atoms with Gasteiger partial charge >= 0.3 is 5.97 Å². The predicted octanol–water partition coefficient (Wildman–Crippen LogP) is 2.11. The van der Waals surface area contributed by atoms with Crippen LogP contribution in [0.15, 0.2) is 40.9 Å². The highest BCUT2D eigenvalue weighted by Crippen LogP contribution is 2.56. The molecule has 0 spiro atoms. The van der Waals surface area contributed by atoms with E-state index in [9.17, 15) is 19.2 Å². The molecule has 9 heteroatoms. The van der Waals surface area contributed by atoms with Gasteiger partial charge in [0, 0.05) is 12.5 Å². The number of carbonyl (C=O) groups excluding carboxylic acids is 4. The lowest BCUT2D eigenvalue weighted by Crippen LogP contribution is -2.48. The van der Waals surface area contributed by atoms with Gasteiger partial charge < -0.3 is 14.6 Å². The summed E-state index contributed by atoms with van der Waals surface area (Å²) >= 11 is 0. The molecule has 3 amide bonds. The summed E-state index contributed by atoms with van der Waals surface area (Å²) in [5.41, 5.74) is 0.794. The molecule has 5 atom stereocenters. The molecule has 0 unspecified atom stereocenters. The zero-order valence-corrected chi connectivity index (χ0v) is 18.2.